The zero-order valence-electron chi connectivity index (χ0n) is 16.0. The molecule has 0 saturated heterocycles. The summed E-state index contributed by atoms with van der Waals surface area (Å²) in [4.78, 5) is 11.3. The molecule has 1 N–H and O–H groups in total. The van der Waals surface area contributed by atoms with Crippen molar-refractivity contribution in [3.8, 4) is 17.2 Å². The lowest BCUT2D eigenvalue weighted by Gasteiger charge is -2.38. The Kier molecular flexibility index (Phi) is 4.58. The Labute approximate surface area is 163 Å². The molecule has 1 aliphatic carbocycles. The normalized spacial score (nSPS) is 22.0. The van der Waals surface area contributed by atoms with Gasteiger partial charge < -0.3 is 19.5 Å². The summed E-state index contributed by atoms with van der Waals surface area (Å²) >= 11 is 0. The van der Waals surface area contributed by atoms with Gasteiger partial charge in [0.1, 0.15) is 5.75 Å². The quantitative estimate of drug-likeness (QED) is 0.467. The first kappa shape index (κ1) is 18.2. The predicted molar refractivity (Wildman–Crippen MR) is 106 cm³/mol. The highest BCUT2D eigenvalue weighted by molar-refractivity contribution is 5.74. The maximum Gasteiger partial charge on any atom is 0.275 e. The molecule has 1 aliphatic heterocycles. The molecule has 0 radical (unpaired) electrons. The maximum atomic E-state index is 11.7. The van der Waals surface area contributed by atoms with Gasteiger partial charge in [-0.1, -0.05) is 24.3 Å². The molecule has 1 heterocycles. The van der Waals surface area contributed by atoms with Crippen LogP contribution in [-0.4, -0.2) is 26.3 Å². The Bertz CT molecular complexity index is 956. The minimum absolute atomic E-state index is 0.0762. The number of benzene rings is 2. The van der Waals surface area contributed by atoms with Crippen LogP contribution in [0.3, 0.4) is 0 Å². The van der Waals surface area contributed by atoms with Crippen molar-refractivity contribution in [1.29, 1.82) is 0 Å². The smallest absolute Gasteiger partial charge is 0.275 e. The molecule has 2 aromatic carbocycles. The summed E-state index contributed by atoms with van der Waals surface area (Å²) in [5.41, 5.74) is 2.42. The number of nitro benzene ring substituents is 1. The third-order valence-electron chi connectivity index (χ3n) is 5.64. The van der Waals surface area contributed by atoms with E-state index in [0.29, 0.717) is 28.5 Å². The van der Waals surface area contributed by atoms with Crippen LogP contribution in [0.25, 0.3) is 0 Å². The van der Waals surface area contributed by atoms with E-state index in [1.807, 2.05) is 18.2 Å². The Hall–Kier alpha value is -3.22. The fourth-order valence-electron chi connectivity index (χ4n) is 4.46. The molecule has 0 amide bonds. The van der Waals surface area contributed by atoms with E-state index >= 15 is 0 Å². The molecule has 7 heteroatoms. The molecule has 0 spiro atoms. The largest absolute Gasteiger partial charge is 0.495 e. The number of nitro groups is 1. The van der Waals surface area contributed by atoms with E-state index in [4.69, 9.17) is 14.2 Å². The second kappa shape index (κ2) is 7.07. The van der Waals surface area contributed by atoms with Gasteiger partial charge in [-0.15, -0.1) is 0 Å². The Morgan fingerprint density at radius 3 is 2.54 bits per heavy atom. The standard InChI is InChI=1S/C21H22N2O5/c1-26-16-11-10-15(23(24)25)18-12-6-4-7-13(12)19(22-20(16)18)14-8-5-9-17(27-2)21(14)28-3/h4-6,8-13,19,22H,7H2,1-3H3/t12-,13-,19-/m0/s1. The first-order chi connectivity index (χ1) is 13.6. The van der Waals surface area contributed by atoms with Gasteiger partial charge in [0.15, 0.2) is 11.5 Å². The molecule has 0 aromatic heterocycles. The molecule has 2 aliphatic rings. The van der Waals surface area contributed by atoms with Crippen molar-refractivity contribution in [3.63, 3.8) is 0 Å². The van der Waals surface area contributed by atoms with Crippen molar-refractivity contribution >= 4 is 11.4 Å². The Morgan fingerprint density at radius 2 is 1.86 bits per heavy atom. The molecule has 7 nitrogen and oxygen atoms in total. The molecule has 0 unspecified atom stereocenters. The molecule has 146 valence electrons. The summed E-state index contributed by atoms with van der Waals surface area (Å²) in [6.45, 7) is 0. The highest BCUT2D eigenvalue weighted by Crippen LogP contribution is 2.56. The fourth-order valence-corrected chi connectivity index (χ4v) is 4.46. The summed E-state index contributed by atoms with van der Waals surface area (Å²) in [6, 6.07) is 8.85. The second-order valence-electron chi connectivity index (χ2n) is 6.89. The Morgan fingerprint density at radius 1 is 1.07 bits per heavy atom. The van der Waals surface area contributed by atoms with Crippen molar-refractivity contribution in [1.82, 2.24) is 0 Å². The number of methoxy groups -OCH3 is 3. The van der Waals surface area contributed by atoms with Crippen LogP contribution in [-0.2, 0) is 0 Å². The van der Waals surface area contributed by atoms with Gasteiger partial charge in [0, 0.05) is 17.5 Å². The van der Waals surface area contributed by atoms with Crippen LogP contribution >= 0.6 is 0 Å². The number of para-hydroxylation sites is 1. The predicted octanol–water partition coefficient (Wildman–Crippen LogP) is 4.45. The number of nitrogens with one attached hydrogen (secondary N) is 1. The first-order valence-electron chi connectivity index (χ1n) is 9.10. The molecule has 28 heavy (non-hydrogen) atoms. The zero-order chi connectivity index (χ0) is 19.8. The monoisotopic (exact) mass is 382 g/mol. The highest BCUT2D eigenvalue weighted by atomic mass is 16.6. The van der Waals surface area contributed by atoms with Gasteiger partial charge in [-0.3, -0.25) is 10.1 Å². The summed E-state index contributed by atoms with van der Waals surface area (Å²) in [7, 11) is 4.80. The molecule has 3 atom stereocenters. The van der Waals surface area contributed by atoms with Crippen LogP contribution in [0.1, 0.15) is 29.5 Å². The minimum Gasteiger partial charge on any atom is -0.495 e. The molecular weight excluding hydrogens is 360 g/mol. The Balaban J connectivity index is 1.90. The number of anilines is 1. The van der Waals surface area contributed by atoms with E-state index < -0.39 is 0 Å². The van der Waals surface area contributed by atoms with Crippen molar-refractivity contribution in [2.75, 3.05) is 26.6 Å². The number of fused-ring (bicyclic) bond motifs is 3. The molecule has 0 bridgehead atoms. The van der Waals surface area contributed by atoms with E-state index in [-0.39, 0.29) is 28.5 Å². The lowest BCUT2D eigenvalue weighted by molar-refractivity contribution is -0.385. The van der Waals surface area contributed by atoms with Crippen LogP contribution in [0.5, 0.6) is 17.2 Å². The third kappa shape index (κ3) is 2.66. The summed E-state index contributed by atoms with van der Waals surface area (Å²) in [5.74, 6) is 1.96. The van der Waals surface area contributed by atoms with Gasteiger partial charge in [0.05, 0.1) is 43.5 Å². The summed E-state index contributed by atoms with van der Waals surface area (Å²) < 4.78 is 16.6. The lowest BCUT2D eigenvalue weighted by Crippen LogP contribution is -2.30. The van der Waals surface area contributed by atoms with Crippen LogP contribution < -0.4 is 19.5 Å². The van der Waals surface area contributed by atoms with E-state index in [1.165, 1.54) is 6.07 Å². The van der Waals surface area contributed by atoms with Crippen LogP contribution in [0.15, 0.2) is 42.5 Å². The SMILES string of the molecule is COc1ccc([N+](=O)[O-])c2c1N[C@H](c1cccc(OC)c1OC)[C@H]1CC=C[C@H]21. The highest BCUT2D eigenvalue weighted by Gasteiger charge is 2.43. The summed E-state index contributed by atoms with van der Waals surface area (Å²) in [6.07, 6.45) is 4.97. The number of nitrogens with zero attached hydrogens (tertiary/aromatic N) is 1. The maximum absolute atomic E-state index is 11.7. The average molecular weight is 382 g/mol. The van der Waals surface area contributed by atoms with E-state index in [9.17, 15) is 10.1 Å². The minimum atomic E-state index is -0.324. The van der Waals surface area contributed by atoms with E-state index in [2.05, 4.69) is 17.5 Å². The van der Waals surface area contributed by atoms with Crippen LogP contribution in [0, 0.1) is 16.0 Å². The van der Waals surface area contributed by atoms with Gasteiger partial charge >= 0.3 is 0 Å². The van der Waals surface area contributed by atoms with Gasteiger partial charge in [0.2, 0.25) is 0 Å². The lowest BCUT2D eigenvalue weighted by atomic mass is 9.76. The van der Waals surface area contributed by atoms with Crippen LogP contribution in [0.2, 0.25) is 0 Å². The molecule has 2 aromatic rings. The van der Waals surface area contributed by atoms with Gasteiger partial charge in [-0.25, -0.2) is 0 Å². The first-order valence-corrected chi connectivity index (χ1v) is 9.10. The molecule has 4 rings (SSSR count). The third-order valence-corrected chi connectivity index (χ3v) is 5.64. The number of rotatable bonds is 5. The summed E-state index contributed by atoms with van der Waals surface area (Å²) in [5, 5.41) is 15.2. The second-order valence-corrected chi connectivity index (χ2v) is 6.89. The topological polar surface area (TPSA) is 82.9 Å². The number of hydrogen-bond donors (Lipinski definition) is 1. The molecular formula is C21H22N2O5. The van der Waals surface area contributed by atoms with Crippen molar-refractivity contribution in [2.45, 2.75) is 18.4 Å². The van der Waals surface area contributed by atoms with Crippen molar-refractivity contribution in [3.05, 3.63) is 63.7 Å². The fraction of sp³-hybridized carbons (Fsp3) is 0.333. The van der Waals surface area contributed by atoms with E-state index in [0.717, 1.165) is 12.0 Å². The number of hydrogen-bond acceptors (Lipinski definition) is 6. The molecule has 0 fully saturated rings. The number of allylic oxidation sites excluding steroid dienone is 2. The van der Waals surface area contributed by atoms with Gasteiger partial charge in [-0.2, -0.15) is 0 Å². The van der Waals surface area contributed by atoms with Crippen molar-refractivity contribution in [2.24, 2.45) is 5.92 Å². The van der Waals surface area contributed by atoms with Crippen LogP contribution in [0.4, 0.5) is 11.4 Å². The van der Waals surface area contributed by atoms with Crippen molar-refractivity contribution < 1.29 is 19.1 Å². The average Bonchev–Trinajstić information content (AvgIpc) is 3.21. The number of ether oxygens (including phenoxy) is 3. The van der Waals surface area contributed by atoms with Gasteiger partial charge in [0.25, 0.3) is 5.69 Å². The molecule has 0 saturated carbocycles. The zero-order valence-corrected chi connectivity index (χ0v) is 16.0. The van der Waals surface area contributed by atoms with E-state index in [1.54, 1.807) is 27.4 Å². The van der Waals surface area contributed by atoms with Gasteiger partial charge in [-0.05, 0) is 24.5 Å².